The van der Waals surface area contributed by atoms with E-state index in [0.29, 0.717) is 16.9 Å². The van der Waals surface area contributed by atoms with E-state index in [9.17, 15) is 14.9 Å². The van der Waals surface area contributed by atoms with Crippen molar-refractivity contribution in [3.05, 3.63) is 39.7 Å². The summed E-state index contributed by atoms with van der Waals surface area (Å²) < 4.78 is 5.90. The van der Waals surface area contributed by atoms with Crippen LogP contribution < -0.4 is 0 Å². The number of carbonyl (C=O) groups is 1. The Bertz CT molecular complexity index is 632. The van der Waals surface area contributed by atoms with Crippen molar-refractivity contribution in [3.63, 3.8) is 0 Å². The summed E-state index contributed by atoms with van der Waals surface area (Å²) in [5.74, 6) is -0.478. The van der Waals surface area contributed by atoms with Crippen molar-refractivity contribution in [1.29, 1.82) is 0 Å². The van der Waals surface area contributed by atoms with Gasteiger partial charge in [-0.15, -0.1) is 0 Å². The highest BCUT2D eigenvalue weighted by atomic mass is 16.6. The van der Waals surface area contributed by atoms with Crippen LogP contribution in [0, 0.1) is 17.0 Å². The predicted molar refractivity (Wildman–Crippen MR) is 62.3 cm³/mol. The van der Waals surface area contributed by atoms with E-state index in [0.717, 1.165) is 0 Å². The second-order valence-corrected chi connectivity index (χ2v) is 3.81. The zero-order valence-corrected chi connectivity index (χ0v) is 9.91. The topological polar surface area (TPSA) is 86.7 Å². The standard InChI is InChI=1S/C11H11N3O4/c1-7-3-4-9-12-8(5-10(15)18-2)6-13(9)11(7)14(16)17/h3-4,6H,5H2,1-2H3. The van der Waals surface area contributed by atoms with E-state index < -0.39 is 10.9 Å². The summed E-state index contributed by atoms with van der Waals surface area (Å²) >= 11 is 0. The van der Waals surface area contributed by atoms with Gasteiger partial charge in [-0.25, -0.2) is 4.98 Å². The molecule has 94 valence electrons. The minimum absolute atomic E-state index is 0.00557. The molecule has 2 aromatic heterocycles. The van der Waals surface area contributed by atoms with E-state index in [2.05, 4.69) is 9.72 Å². The van der Waals surface area contributed by atoms with Gasteiger partial charge in [-0.2, -0.15) is 4.40 Å². The van der Waals surface area contributed by atoms with Crippen LogP contribution in [0.5, 0.6) is 0 Å². The normalized spacial score (nSPS) is 10.6. The van der Waals surface area contributed by atoms with Gasteiger partial charge in [-0.3, -0.25) is 4.79 Å². The number of ether oxygens (including phenoxy) is 1. The molecular formula is C11H11N3O4. The van der Waals surface area contributed by atoms with Crippen LogP contribution in [0.25, 0.3) is 5.65 Å². The van der Waals surface area contributed by atoms with E-state index in [4.69, 9.17) is 0 Å². The number of carbonyl (C=O) groups excluding carboxylic acids is 1. The lowest BCUT2D eigenvalue weighted by atomic mass is 10.3. The minimum Gasteiger partial charge on any atom is -0.469 e. The lowest BCUT2D eigenvalue weighted by Gasteiger charge is -1.99. The van der Waals surface area contributed by atoms with Crippen molar-refractivity contribution in [2.75, 3.05) is 7.11 Å². The molecule has 0 fully saturated rings. The lowest BCUT2D eigenvalue weighted by Crippen LogP contribution is -2.04. The summed E-state index contributed by atoms with van der Waals surface area (Å²) in [6, 6.07) is 3.30. The summed E-state index contributed by atoms with van der Waals surface area (Å²) in [6.07, 6.45) is 1.48. The van der Waals surface area contributed by atoms with Crippen LogP contribution in [0.3, 0.4) is 0 Å². The van der Waals surface area contributed by atoms with Crippen molar-refractivity contribution >= 4 is 17.4 Å². The molecule has 0 atom stereocenters. The van der Waals surface area contributed by atoms with Crippen molar-refractivity contribution < 1.29 is 14.5 Å². The van der Waals surface area contributed by atoms with Gasteiger partial charge >= 0.3 is 11.8 Å². The Morgan fingerprint density at radius 1 is 1.56 bits per heavy atom. The van der Waals surface area contributed by atoms with E-state index in [1.165, 1.54) is 17.7 Å². The van der Waals surface area contributed by atoms with E-state index in [1.54, 1.807) is 19.1 Å². The molecule has 2 rings (SSSR count). The third-order valence-corrected chi connectivity index (χ3v) is 2.57. The number of aromatic nitrogens is 2. The number of rotatable bonds is 3. The number of methoxy groups -OCH3 is 1. The smallest absolute Gasteiger partial charge is 0.332 e. The fraction of sp³-hybridized carbons (Fsp3) is 0.273. The highest BCUT2D eigenvalue weighted by molar-refractivity contribution is 5.72. The Balaban J connectivity index is 2.54. The Morgan fingerprint density at radius 2 is 2.28 bits per heavy atom. The Hall–Kier alpha value is -2.44. The summed E-state index contributed by atoms with van der Waals surface area (Å²) in [5.41, 5.74) is 1.41. The third-order valence-electron chi connectivity index (χ3n) is 2.57. The average molecular weight is 249 g/mol. The molecule has 0 N–H and O–H groups in total. The van der Waals surface area contributed by atoms with Gasteiger partial charge in [-0.1, -0.05) is 0 Å². The van der Waals surface area contributed by atoms with Crippen molar-refractivity contribution in [2.45, 2.75) is 13.3 Å². The van der Waals surface area contributed by atoms with Gasteiger partial charge in [0.1, 0.15) is 6.20 Å². The first-order valence-corrected chi connectivity index (χ1v) is 5.21. The molecule has 0 saturated carbocycles. The molecular weight excluding hydrogens is 238 g/mol. The predicted octanol–water partition coefficient (Wildman–Crippen LogP) is 1.27. The SMILES string of the molecule is COC(=O)Cc1cn2c([N+](=O)[O-])c(C)ccc2n1. The van der Waals surface area contributed by atoms with Crippen LogP contribution in [-0.4, -0.2) is 27.4 Å². The van der Waals surface area contributed by atoms with E-state index >= 15 is 0 Å². The quantitative estimate of drug-likeness (QED) is 0.464. The van der Waals surface area contributed by atoms with Gasteiger partial charge in [0, 0.05) is 11.6 Å². The van der Waals surface area contributed by atoms with Crippen LogP contribution >= 0.6 is 0 Å². The second-order valence-electron chi connectivity index (χ2n) is 3.81. The Kier molecular flexibility index (Phi) is 2.97. The number of nitrogens with zero attached hydrogens (tertiary/aromatic N) is 3. The summed E-state index contributed by atoms with van der Waals surface area (Å²) in [6.45, 7) is 1.65. The second kappa shape index (κ2) is 4.44. The fourth-order valence-corrected chi connectivity index (χ4v) is 1.73. The molecule has 0 amide bonds. The fourth-order valence-electron chi connectivity index (χ4n) is 1.73. The van der Waals surface area contributed by atoms with E-state index in [-0.39, 0.29) is 12.2 Å². The number of aryl methyl sites for hydroxylation is 1. The highest BCUT2D eigenvalue weighted by Gasteiger charge is 2.18. The number of pyridine rings is 1. The minimum atomic E-state index is -0.466. The molecule has 0 aliphatic rings. The number of nitro groups is 1. The molecule has 0 bridgehead atoms. The first kappa shape index (κ1) is 12.0. The van der Waals surface area contributed by atoms with Crippen LogP contribution in [0.1, 0.15) is 11.3 Å². The van der Waals surface area contributed by atoms with Crippen molar-refractivity contribution in [1.82, 2.24) is 9.38 Å². The van der Waals surface area contributed by atoms with Gasteiger partial charge in [0.15, 0.2) is 0 Å². The number of fused-ring (bicyclic) bond motifs is 1. The average Bonchev–Trinajstić information content (AvgIpc) is 2.70. The molecule has 7 nitrogen and oxygen atoms in total. The van der Waals surface area contributed by atoms with Gasteiger partial charge in [0.05, 0.1) is 19.2 Å². The number of imidazole rings is 1. The third kappa shape index (κ3) is 2.02. The summed E-state index contributed by atoms with van der Waals surface area (Å²) in [4.78, 5) is 25.8. The zero-order chi connectivity index (χ0) is 13.3. The van der Waals surface area contributed by atoms with E-state index in [1.807, 2.05) is 0 Å². The molecule has 0 aromatic carbocycles. The molecule has 0 radical (unpaired) electrons. The van der Waals surface area contributed by atoms with Crippen LogP contribution in [0.4, 0.5) is 5.82 Å². The van der Waals surface area contributed by atoms with Crippen LogP contribution in [0.2, 0.25) is 0 Å². The maximum absolute atomic E-state index is 11.1. The van der Waals surface area contributed by atoms with Crippen LogP contribution in [0.15, 0.2) is 18.3 Å². The summed E-state index contributed by atoms with van der Waals surface area (Å²) in [7, 11) is 1.28. The molecule has 0 unspecified atom stereocenters. The lowest BCUT2D eigenvalue weighted by molar-refractivity contribution is -0.391. The first-order chi connectivity index (χ1) is 8.52. The zero-order valence-electron chi connectivity index (χ0n) is 9.91. The van der Waals surface area contributed by atoms with Crippen LogP contribution in [-0.2, 0) is 16.0 Å². The molecule has 2 heterocycles. The maximum atomic E-state index is 11.1. The molecule has 0 saturated heterocycles. The molecule has 0 aliphatic carbocycles. The maximum Gasteiger partial charge on any atom is 0.332 e. The Morgan fingerprint density at radius 3 is 2.89 bits per heavy atom. The molecule has 0 aliphatic heterocycles. The first-order valence-electron chi connectivity index (χ1n) is 5.21. The van der Waals surface area contributed by atoms with Gasteiger partial charge in [0.25, 0.3) is 0 Å². The highest BCUT2D eigenvalue weighted by Crippen LogP contribution is 2.20. The molecule has 18 heavy (non-hydrogen) atoms. The number of esters is 1. The van der Waals surface area contributed by atoms with Gasteiger partial charge in [0.2, 0.25) is 5.65 Å². The monoisotopic (exact) mass is 249 g/mol. The van der Waals surface area contributed by atoms with Crippen molar-refractivity contribution in [3.8, 4) is 0 Å². The number of hydrogen-bond donors (Lipinski definition) is 0. The molecule has 2 aromatic rings. The number of hydrogen-bond acceptors (Lipinski definition) is 5. The van der Waals surface area contributed by atoms with Gasteiger partial charge in [-0.05, 0) is 17.9 Å². The van der Waals surface area contributed by atoms with Crippen molar-refractivity contribution in [2.24, 2.45) is 0 Å². The Labute approximate surface area is 102 Å². The largest absolute Gasteiger partial charge is 0.469 e. The van der Waals surface area contributed by atoms with Gasteiger partial charge < -0.3 is 14.9 Å². The molecule has 0 spiro atoms. The summed E-state index contributed by atoms with van der Waals surface area (Å²) in [5, 5.41) is 11.0. The molecule has 7 heteroatoms.